The van der Waals surface area contributed by atoms with Gasteiger partial charge in [-0.3, -0.25) is 19.3 Å². The van der Waals surface area contributed by atoms with E-state index in [4.69, 9.17) is 9.47 Å². The number of benzene rings is 4. The highest BCUT2D eigenvalue weighted by Gasteiger charge is 2.74. The molecule has 2 saturated heterocycles. The molecular weight excluding hydrogens is 560 g/mol. The summed E-state index contributed by atoms with van der Waals surface area (Å²) in [5, 5.41) is 23.5. The number of nitrogens with one attached hydrogen (secondary N) is 1. The van der Waals surface area contributed by atoms with E-state index in [-0.39, 0.29) is 13.2 Å². The summed E-state index contributed by atoms with van der Waals surface area (Å²) >= 11 is 0. The molecule has 4 aromatic rings. The van der Waals surface area contributed by atoms with Crippen LogP contribution in [0.1, 0.15) is 40.4 Å². The SMILES string of the molecule is O=C1OC(c2ccccc2)C(c2ccccc2)N2C1C(C(=O)O)C1(C(=O)Nc3ccccc31)C2c1ccccc1OCCO. The smallest absolute Gasteiger partial charge is 0.325 e. The van der Waals surface area contributed by atoms with Crippen LogP contribution >= 0.6 is 0 Å². The summed E-state index contributed by atoms with van der Waals surface area (Å²) < 4.78 is 12.2. The molecule has 3 heterocycles. The molecule has 6 unspecified atom stereocenters. The van der Waals surface area contributed by atoms with Crippen molar-refractivity contribution in [2.24, 2.45) is 5.92 Å². The van der Waals surface area contributed by atoms with Gasteiger partial charge < -0.3 is 25.0 Å². The van der Waals surface area contributed by atoms with Gasteiger partial charge in [-0.2, -0.15) is 0 Å². The fourth-order valence-electron chi connectivity index (χ4n) is 7.49. The lowest BCUT2D eigenvalue weighted by Gasteiger charge is -2.46. The van der Waals surface area contributed by atoms with Crippen molar-refractivity contribution in [2.75, 3.05) is 18.5 Å². The van der Waals surface area contributed by atoms with Crippen LogP contribution in [0.4, 0.5) is 5.69 Å². The summed E-state index contributed by atoms with van der Waals surface area (Å²) in [6, 6.07) is 30.0. The predicted octanol–water partition coefficient (Wildman–Crippen LogP) is 4.41. The molecule has 0 aromatic heterocycles. The van der Waals surface area contributed by atoms with Crippen molar-refractivity contribution in [2.45, 2.75) is 29.6 Å². The van der Waals surface area contributed by atoms with Crippen molar-refractivity contribution < 1.29 is 34.1 Å². The van der Waals surface area contributed by atoms with Crippen LogP contribution in [0.2, 0.25) is 0 Å². The molecule has 7 rings (SSSR count). The minimum absolute atomic E-state index is 0.0118. The minimum atomic E-state index is -1.73. The number of aliphatic carboxylic acids is 1. The lowest BCUT2D eigenvalue weighted by Crippen LogP contribution is -2.52. The number of para-hydroxylation sites is 2. The standard InChI is InChI=1S/C35H30N2O7/c38-19-20-43-26-18-10-7-15-23(26)31-35(24-16-8-9-17-25(24)36-34(35)42)27(32(39)40)29-33(41)44-30(22-13-5-2-6-14-22)28(37(29)31)21-11-3-1-4-12-21/h1-18,27-31,38H,19-20H2,(H,36,42)(H,39,40). The average Bonchev–Trinajstić information content (AvgIpc) is 3.53. The van der Waals surface area contributed by atoms with Crippen LogP contribution in [0, 0.1) is 5.92 Å². The zero-order chi connectivity index (χ0) is 30.4. The van der Waals surface area contributed by atoms with Gasteiger partial charge in [0.25, 0.3) is 0 Å². The Balaban J connectivity index is 1.57. The van der Waals surface area contributed by atoms with Crippen molar-refractivity contribution in [3.05, 3.63) is 131 Å². The number of hydrogen-bond donors (Lipinski definition) is 3. The average molecular weight is 591 g/mol. The fourth-order valence-corrected chi connectivity index (χ4v) is 7.49. The number of rotatable bonds is 7. The van der Waals surface area contributed by atoms with E-state index in [1.807, 2.05) is 65.6 Å². The molecule has 6 atom stereocenters. The second kappa shape index (κ2) is 10.9. The second-order valence-corrected chi connectivity index (χ2v) is 11.2. The molecule has 0 saturated carbocycles. The van der Waals surface area contributed by atoms with E-state index in [1.165, 1.54) is 0 Å². The first-order valence-electron chi connectivity index (χ1n) is 14.5. The Morgan fingerprint density at radius 3 is 2.18 bits per heavy atom. The largest absolute Gasteiger partial charge is 0.491 e. The van der Waals surface area contributed by atoms with Gasteiger partial charge in [-0.15, -0.1) is 0 Å². The number of nitrogens with zero attached hydrogens (tertiary/aromatic N) is 1. The number of carbonyl (C=O) groups excluding carboxylic acids is 2. The third-order valence-electron chi connectivity index (χ3n) is 9.04. The maximum Gasteiger partial charge on any atom is 0.325 e. The number of amides is 1. The lowest BCUT2D eigenvalue weighted by atomic mass is 9.65. The van der Waals surface area contributed by atoms with Crippen LogP contribution in [0.25, 0.3) is 0 Å². The molecule has 2 fully saturated rings. The number of cyclic esters (lactones) is 1. The number of carbonyl (C=O) groups is 3. The van der Waals surface area contributed by atoms with E-state index in [1.54, 1.807) is 48.5 Å². The predicted molar refractivity (Wildman–Crippen MR) is 160 cm³/mol. The third-order valence-corrected chi connectivity index (χ3v) is 9.04. The number of morpholine rings is 1. The Hall–Kier alpha value is -4.99. The number of aliphatic hydroxyl groups excluding tert-OH is 1. The molecule has 44 heavy (non-hydrogen) atoms. The number of fused-ring (bicyclic) bond motifs is 3. The number of ether oxygens (including phenoxy) is 2. The van der Waals surface area contributed by atoms with Gasteiger partial charge in [0.15, 0.2) is 0 Å². The van der Waals surface area contributed by atoms with Crippen LogP contribution in [-0.4, -0.2) is 52.2 Å². The molecule has 9 nitrogen and oxygen atoms in total. The van der Waals surface area contributed by atoms with E-state index in [2.05, 4.69) is 5.32 Å². The molecule has 3 aliphatic rings. The fraction of sp³-hybridized carbons (Fsp3) is 0.229. The van der Waals surface area contributed by atoms with Crippen molar-refractivity contribution in [1.29, 1.82) is 0 Å². The van der Waals surface area contributed by atoms with Gasteiger partial charge in [-0.05, 0) is 28.8 Å². The van der Waals surface area contributed by atoms with E-state index in [0.29, 0.717) is 22.6 Å². The molecule has 222 valence electrons. The van der Waals surface area contributed by atoms with Gasteiger partial charge in [0.05, 0.1) is 18.7 Å². The first-order valence-corrected chi connectivity index (χ1v) is 14.5. The van der Waals surface area contributed by atoms with E-state index in [0.717, 1.165) is 11.1 Å². The van der Waals surface area contributed by atoms with Crippen molar-refractivity contribution in [3.8, 4) is 5.75 Å². The van der Waals surface area contributed by atoms with Crippen LogP contribution < -0.4 is 10.1 Å². The highest BCUT2D eigenvalue weighted by molar-refractivity contribution is 6.11. The van der Waals surface area contributed by atoms with Crippen LogP contribution in [0.15, 0.2) is 109 Å². The zero-order valence-corrected chi connectivity index (χ0v) is 23.6. The quantitative estimate of drug-likeness (QED) is 0.270. The maximum atomic E-state index is 14.5. The summed E-state index contributed by atoms with van der Waals surface area (Å²) in [7, 11) is 0. The molecule has 3 N–H and O–H groups in total. The minimum Gasteiger partial charge on any atom is -0.491 e. The van der Waals surface area contributed by atoms with Crippen molar-refractivity contribution in [3.63, 3.8) is 0 Å². The number of aliphatic hydroxyl groups is 1. The number of hydrogen-bond acceptors (Lipinski definition) is 7. The summed E-state index contributed by atoms with van der Waals surface area (Å²) in [5.41, 5.74) is 1.31. The highest BCUT2D eigenvalue weighted by Crippen LogP contribution is 2.65. The normalized spacial score (nSPS) is 27.3. The Morgan fingerprint density at radius 1 is 0.841 bits per heavy atom. The zero-order valence-electron chi connectivity index (χ0n) is 23.6. The Morgan fingerprint density at radius 2 is 1.48 bits per heavy atom. The first kappa shape index (κ1) is 27.8. The Bertz CT molecular complexity index is 1730. The Labute approximate surface area is 253 Å². The van der Waals surface area contributed by atoms with E-state index < -0.39 is 53.4 Å². The van der Waals surface area contributed by atoms with E-state index in [9.17, 15) is 24.6 Å². The van der Waals surface area contributed by atoms with Crippen molar-refractivity contribution in [1.82, 2.24) is 4.90 Å². The van der Waals surface area contributed by atoms with Crippen LogP contribution in [0.3, 0.4) is 0 Å². The molecular formula is C35H30N2O7. The monoisotopic (exact) mass is 590 g/mol. The molecule has 3 aliphatic heterocycles. The summed E-state index contributed by atoms with van der Waals surface area (Å²) in [6.45, 7) is -0.255. The second-order valence-electron chi connectivity index (χ2n) is 11.2. The van der Waals surface area contributed by atoms with Gasteiger partial charge >= 0.3 is 11.9 Å². The molecule has 1 amide bonds. The van der Waals surface area contributed by atoms with Crippen molar-refractivity contribution >= 4 is 23.5 Å². The van der Waals surface area contributed by atoms with Gasteiger partial charge in [0.1, 0.15) is 35.8 Å². The topological polar surface area (TPSA) is 125 Å². The number of carboxylic acid groups (broad SMARTS) is 1. The van der Waals surface area contributed by atoms with Crippen LogP contribution in [-0.2, 0) is 24.5 Å². The van der Waals surface area contributed by atoms with Gasteiger partial charge in [-0.1, -0.05) is 97.1 Å². The van der Waals surface area contributed by atoms with Gasteiger partial charge in [0, 0.05) is 11.3 Å². The third kappa shape index (κ3) is 4.04. The summed E-state index contributed by atoms with van der Waals surface area (Å²) in [4.78, 5) is 44.1. The molecule has 0 radical (unpaired) electrons. The molecule has 1 spiro atoms. The first-order chi connectivity index (χ1) is 21.5. The molecule has 0 aliphatic carbocycles. The Kier molecular flexibility index (Phi) is 6.91. The molecule has 0 bridgehead atoms. The summed E-state index contributed by atoms with van der Waals surface area (Å²) in [5.74, 6) is -3.64. The highest BCUT2D eigenvalue weighted by atomic mass is 16.6. The summed E-state index contributed by atoms with van der Waals surface area (Å²) in [6.07, 6.45) is -0.806. The molecule has 4 aromatic carbocycles. The van der Waals surface area contributed by atoms with Crippen LogP contribution in [0.5, 0.6) is 5.75 Å². The number of anilines is 1. The lowest BCUT2D eigenvalue weighted by molar-refractivity contribution is -0.179. The van der Waals surface area contributed by atoms with E-state index >= 15 is 0 Å². The number of carboxylic acids is 1. The van der Waals surface area contributed by atoms with Gasteiger partial charge in [-0.25, -0.2) is 0 Å². The van der Waals surface area contributed by atoms with Gasteiger partial charge in [0.2, 0.25) is 5.91 Å². The maximum absolute atomic E-state index is 14.5. The molecule has 9 heteroatoms. The number of esters is 1.